The van der Waals surface area contributed by atoms with Crippen LogP contribution in [0.4, 0.5) is 0 Å². The average molecular weight is 314 g/mol. The van der Waals surface area contributed by atoms with Gasteiger partial charge < -0.3 is 14.6 Å². The fourth-order valence-electron chi connectivity index (χ4n) is 2.67. The lowest BCUT2D eigenvalue weighted by molar-refractivity contribution is -0.146. The van der Waals surface area contributed by atoms with E-state index in [9.17, 15) is 4.79 Å². The van der Waals surface area contributed by atoms with E-state index in [1.54, 1.807) is 6.92 Å². The van der Waals surface area contributed by atoms with Gasteiger partial charge in [-0.15, -0.1) is 0 Å². The number of carbonyl (C=O) groups excluding carboxylic acids is 1. The summed E-state index contributed by atoms with van der Waals surface area (Å²) in [5, 5.41) is 9.01. The van der Waals surface area contributed by atoms with E-state index in [-0.39, 0.29) is 12.6 Å². The first-order valence-corrected chi connectivity index (χ1v) is 9.08. The van der Waals surface area contributed by atoms with Crippen molar-refractivity contribution in [2.45, 2.75) is 103 Å². The number of rotatable bonds is 14. The Morgan fingerprint density at radius 1 is 1.05 bits per heavy atom. The molecule has 4 heteroatoms. The van der Waals surface area contributed by atoms with Gasteiger partial charge in [0.05, 0.1) is 18.3 Å². The summed E-state index contributed by atoms with van der Waals surface area (Å²) in [6.45, 7) is 3.88. The molecule has 3 unspecified atom stereocenters. The molecule has 3 atom stereocenters. The monoisotopic (exact) mass is 314 g/mol. The predicted molar refractivity (Wildman–Crippen MR) is 87.8 cm³/mol. The zero-order valence-corrected chi connectivity index (χ0v) is 14.4. The maximum Gasteiger partial charge on any atom is 0.305 e. The van der Waals surface area contributed by atoms with Crippen molar-refractivity contribution in [1.82, 2.24) is 0 Å². The van der Waals surface area contributed by atoms with Crippen molar-refractivity contribution >= 4 is 5.97 Å². The van der Waals surface area contributed by atoms with Crippen LogP contribution in [0.25, 0.3) is 0 Å². The molecule has 0 spiro atoms. The van der Waals surface area contributed by atoms with Crippen molar-refractivity contribution in [2.24, 2.45) is 0 Å². The minimum absolute atomic E-state index is 0.116. The van der Waals surface area contributed by atoms with Crippen LogP contribution in [-0.4, -0.2) is 36.0 Å². The van der Waals surface area contributed by atoms with Crippen LogP contribution in [0.15, 0.2) is 0 Å². The first-order chi connectivity index (χ1) is 10.6. The van der Waals surface area contributed by atoms with Gasteiger partial charge in [0.2, 0.25) is 0 Å². The van der Waals surface area contributed by atoms with Gasteiger partial charge in [-0.25, -0.2) is 0 Å². The molecule has 1 N–H and O–H groups in total. The van der Waals surface area contributed by atoms with Gasteiger partial charge in [0.1, 0.15) is 6.61 Å². The molecule has 1 heterocycles. The molecule has 0 aromatic heterocycles. The van der Waals surface area contributed by atoms with Crippen LogP contribution < -0.4 is 0 Å². The number of esters is 1. The first kappa shape index (κ1) is 19.4. The molecule has 130 valence electrons. The van der Waals surface area contributed by atoms with Crippen molar-refractivity contribution in [3.63, 3.8) is 0 Å². The van der Waals surface area contributed by atoms with Crippen molar-refractivity contribution in [3.8, 4) is 0 Å². The summed E-state index contributed by atoms with van der Waals surface area (Å²) in [4.78, 5) is 11.3. The summed E-state index contributed by atoms with van der Waals surface area (Å²) in [6.07, 6.45) is 13.3. The van der Waals surface area contributed by atoms with Gasteiger partial charge in [-0.05, 0) is 26.7 Å². The molecular formula is C18H34O4. The first-order valence-electron chi connectivity index (χ1n) is 9.08. The summed E-state index contributed by atoms with van der Waals surface area (Å²) in [5.41, 5.74) is 0. The standard InChI is InChI=1S/C18H34O4/c1-15(19)14-21-18(20)13-11-9-7-5-3-4-6-8-10-12-17-16(2)22-17/h15-17,19H,3-14H2,1-2H3. The summed E-state index contributed by atoms with van der Waals surface area (Å²) in [5.74, 6) is -0.185. The molecule has 0 saturated carbocycles. The van der Waals surface area contributed by atoms with Gasteiger partial charge in [-0.2, -0.15) is 0 Å². The second-order valence-corrected chi connectivity index (χ2v) is 6.63. The van der Waals surface area contributed by atoms with Crippen LogP contribution in [0.3, 0.4) is 0 Å². The zero-order valence-electron chi connectivity index (χ0n) is 14.4. The third-order valence-electron chi connectivity index (χ3n) is 4.19. The van der Waals surface area contributed by atoms with Crippen molar-refractivity contribution in [3.05, 3.63) is 0 Å². The molecule has 1 saturated heterocycles. The van der Waals surface area contributed by atoms with Gasteiger partial charge in [0.15, 0.2) is 0 Å². The molecule has 0 bridgehead atoms. The lowest BCUT2D eigenvalue weighted by atomic mass is 10.0. The number of hydrogen-bond donors (Lipinski definition) is 1. The molecular weight excluding hydrogens is 280 g/mol. The SMILES string of the molecule is CC(O)COC(=O)CCCCCCCCCCCC1OC1C. The third-order valence-corrected chi connectivity index (χ3v) is 4.19. The van der Waals surface area contributed by atoms with E-state index in [4.69, 9.17) is 14.6 Å². The fourth-order valence-corrected chi connectivity index (χ4v) is 2.67. The van der Waals surface area contributed by atoms with Crippen LogP contribution >= 0.6 is 0 Å². The Morgan fingerprint density at radius 2 is 1.55 bits per heavy atom. The van der Waals surface area contributed by atoms with Crippen LogP contribution in [0, 0.1) is 0 Å². The molecule has 0 amide bonds. The zero-order chi connectivity index (χ0) is 16.2. The van der Waals surface area contributed by atoms with Crippen LogP contribution in [0.5, 0.6) is 0 Å². The second-order valence-electron chi connectivity index (χ2n) is 6.63. The van der Waals surface area contributed by atoms with Crippen molar-refractivity contribution in [2.75, 3.05) is 6.61 Å². The molecule has 1 aliphatic rings. The van der Waals surface area contributed by atoms with Crippen molar-refractivity contribution in [1.29, 1.82) is 0 Å². The van der Waals surface area contributed by atoms with Gasteiger partial charge in [-0.1, -0.05) is 51.4 Å². The maximum atomic E-state index is 11.3. The number of hydrogen-bond acceptors (Lipinski definition) is 4. The summed E-state index contributed by atoms with van der Waals surface area (Å²) < 4.78 is 10.3. The fraction of sp³-hybridized carbons (Fsp3) is 0.944. The highest BCUT2D eigenvalue weighted by atomic mass is 16.6. The summed E-state index contributed by atoms with van der Waals surface area (Å²) >= 11 is 0. The van der Waals surface area contributed by atoms with E-state index in [1.807, 2.05) is 0 Å². The molecule has 4 nitrogen and oxygen atoms in total. The number of carbonyl (C=O) groups is 1. The Kier molecular flexibility index (Phi) is 10.5. The lowest BCUT2D eigenvalue weighted by Crippen LogP contribution is -2.14. The molecule has 0 aromatic rings. The van der Waals surface area contributed by atoms with E-state index in [0.717, 1.165) is 12.8 Å². The van der Waals surface area contributed by atoms with Gasteiger partial charge >= 0.3 is 5.97 Å². The number of epoxide rings is 1. The topological polar surface area (TPSA) is 59.1 Å². The number of aliphatic hydroxyl groups is 1. The number of aliphatic hydroxyl groups excluding tert-OH is 1. The Labute approximate surface area is 135 Å². The Morgan fingerprint density at radius 3 is 2.05 bits per heavy atom. The minimum Gasteiger partial charge on any atom is -0.463 e. The third kappa shape index (κ3) is 11.0. The highest BCUT2D eigenvalue weighted by Gasteiger charge is 2.32. The van der Waals surface area contributed by atoms with Crippen molar-refractivity contribution < 1.29 is 19.4 Å². The minimum atomic E-state index is -0.566. The van der Waals surface area contributed by atoms with E-state index in [1.165, 1.54) is 51.4 Å². The molecule has 0 radical (unpaired) electrons. The summed E-state index contributed by atoms with van der Waals surface area (Å²) in [7, 11) is 0. The highest BCUT2D eigenvalue weighted by molar-refractivity contribution is 5.69. The van der Waals surface area contributed by atoms with Gasteiger partial charge in [-0.3, -0.25) is 4.79 Å². The lowest BCUT2D eigenvalue weighted by Gasteiger charge is -2.06. The molecule has 1 fully saturated rings. The van der Waals surface area contributed by atoms with E-state index in [2.05, 4.69) is 6.92 Å². The van der Waals surface area contributed by atoms with Crippen LogP contribution in [0.2, 0.25) is 0 Å². The normalized spacial score (nSPS) is 21.6. The number of ether oxygens (including phenoxy) is 2. The van der Waals surface area contributed by atoms with E-state index >= 15 is 0 Å². The Balaban J connectivity index is 1.71. The number of unbranched alkanes of at least 4 members (excludes halogenated alkanes) is 8. The highest BCUT2D eigenvalue weighted by Crippen LogP contribution is 2.26. The van der Waals surface area contributed by atoms with Crippen LogP contribution in [0.1, 0.15) is 84.5 Å². The molecule has 22 heavy (non-hydrogen) atoms. The van der Waals surface area contributed by atoms with Gasteiger partial charge in [0, 0.05) is 6.42 Å². The average Bonchev–Trinajstić information content (AvgIpc) is 3.18. The maximum absolute atomic E-state index is 11.3. The molecule has 1 rings (SSSR count). The molecule has 0 aliphatic carbocycles. The Hall–Kier alpha value is -0.610. The smallest absolute Gasteiger partial charge is 0.305 e. The Bertz CT molecular complexity index is 291. The second kappa shape index (κ2) is 11.9. The van der Waals surface area contributed by atoms with Crippen LogP contribution in [-0.2, 0) is 14.3 Å². The molecule has 1 aliphatic heterocycles. The predicted octanol–water partition coefficient (Wildman–Crippen LogP) is 3.99. The largest absolute Gasteiger partial charge is 0.463 e. The molecule has 0 aromatic carbocycles. The quantitative estimate of drug-likeness (QED) is 0.299. The van der Waals surface area contributed by atoms with Gasteiger partial charge in [0.25, 0.3) is 0 Å². The summed E-state index contributed by atoms with van der Waals surface area (Å²) in [6, 6.07) is 0. The van der Waals surface area contributed by atoms with E-state index in [0.29, 0.717) is 18.6 Å². The van der Waals surface area contributed by atoms with E-state index < -0.39 is 6.10 Å².